The van der Waals surface area contributed by atoms with E-state index in [0.717, 1.165) is 12.8 Å². The van der Waals surface area contributed by atoms with Gasteiger partial charge >= 0.3 is 5.97 Å². The number of carbonyl (C=O) groups is 1. The zero-order valence-electron chi connectivity index (χ0n) is 7.38. The SMILES string of the molecule is CCOC(=O)C=CCCCCI. The molecule has 0 aliphatic heterocycles. The molecule has 0 unspecified atom stereocenters. The molecule has 0 aliphatic carbocycles. The van der Waals surface area contributed by atoms with Gasteiger partial charge in [0.25, 0.3) is 0 Å². The fourth-order valence-electron chi connectivity index (χ4n) is 0.727. The number of allylic oxidation sites excluding steroid dienone is 1. The Morgan fingerprint density at radius 3 is 2.83 bits per heavy atom. The van der Waals surface area contributed by atoms with Gasteiger partial charge in [0.1, 0.15) is 0 Å². The van der Waals surface area contributed by atoms with Gasteiger partial charge in [0.15, 0.2) is 0 Å². The zero-order valence-corrected chi connectivity index (χ0v) is 9.54. The normalized spacial score (nSPS) is 10.5. The predicted octanol–water partition coefficient (Wildman–Crippen LogP) is 2.71. The van der Waals surface area contributed by atoms with Crippen LogP contribution in [-0.2, 0) is 9.53 Å². The summed E-state index contributed by atoms with van der Waals surface area (Å²) in [4.78, 5) is 10.8. The van der Waals surface area contributed by atoms with Crippen molar-refractivity contribution >= 4 is 28.6 Å². The lowest BCUT2D eigenvalue weighted by atomic mass is 10.2. The second kappa shape index (κ2) is 9.03. The Morgan fingerprint density at radius 2 is 2.25 bits per heavy atom. The first-order chi connectivity index (χ1) is 5.81. The van der Waals surface area contributed by atoms with Gasteiger partial charge in [-0.3, -0.25) is 0 Å². The number of alkyl halides is 1. The van der Waals surface area contributed by atoms with Crippen LogP contribution >= 0.6 is 22.6 Å². The highest BCUT2D eigenvalue weighted by molar-refractivity contribution is 14.1. The van der Waals surface area contributed by atoms with Crippen molar-refractivity contribution in [3.8, 4) is 0 Å². The molecule has 0 aliphatic rings. The quantitative estimate of drug-likeness (QED) is 0.246. The second-order valence-electron chi connectivity index (χ2n) is 2.34. The van der Waals surface area contributed by atoms with E-state index in [1.54, 1.807) is 0 Å². The van der Waals surface area contributed by atoms with Crippen LogP contribution in [0.4, 0.5) is 0 Å². The highest BCUT2D eigenvalue weighted by Gasteiger charge is 1.91. The number of ether oxygens (including phenoxy) is 1. The highest BCUT2D eigenvalue weighted by atomic mass is 127. The van der Waals surface area contributed by atoms with Crippen molar-refractivity contribution in [2.75, 3.05) is 11.0 Å². The summed E-state index contributed by atoms with van der Waals surface area (Å²) in [5.74, 6) is -0.230. The molecule has 0 atom stereocenters. The van der Waals surface area contributed by atoms with Gasteiger partial charge in [-0.25, -0.2) is 4.79 Å². The predicted molar refractivity (Wildman–Crippen MR) is 58.5 cm³/mol. The lowest BCUT2D eigenvalue weighted by Crippen LogP contribution is -1.98. The lowest BCUT2D eigenvalue weighted by Gasteiger charge is -1.94. The van der Waals surface area contributed by atoms with Crippen molar-refractivity contribution in [3.63, 3.8) is 0 Å². The number of carbonyl (C=O) groups excluding carboxylic acids is 1. The molecule has 0 radical (unpaired) electrons. The number of halogens is 1. The maximum absolute atomic E-state index is 10.8. The minimum atomic E-state index is -0.230. The number of hydrogen-bond donors (Lipinski definition) is 0. The van der Waals surface area contributed by atoms with E-state index in [9.17, 15) is 4.79 Å². The highest BCUT2D eigenvalue weighted by Crippen LogP contribution is 1.99. The van der Waals surface area contributed by atoms with Gasteiger partial charge in [-0.2, -0.15) is 0 Å². The molecule has 0 amide bonds. The molecule has 0 rings (SSSR count). The van der Waals surface area contributed by atoms with Crippen LogP contribution in [-0.4, -0.2) is 17.0 Å². The van der Waals surface area contributed by atoms with E-state index in [2.05, 4.69) is 22.6 Å². The van der Waals surface area contributed by atoms with Crippen LogP contribution in [0.3, 0.4) is 0 Å². The molecule has 0 N–H and O–H groups in total. The Morgan fingerprint density at radius 1 is 1.50 bits per heavy atom. The Hall–Kier alpha value is -0.0600. The van der Waals surface area contributed by atoms with E-state index in [1.165, 1.54) is 16.9 Å². The first-order valence-corrected chi connectivity index (χ1v) is 5.73. The summed E-state index contributed by atoms with van der Waals surface area (Å²) in [6, 6.07) is 0. The molecular formula is C9H15IO2. The molecule has 0 fully saturated rings. The van der Waals surface area contributed by atoms with Crippen LogP contribution in [0.2, 0.25) is 0 Å². The van der Waals surface area contributed by atoms with Gasteiger partial charge in [0.05, 0.1) is 6.61 Å². The molecule has 70 valence electrons. The van der Waals surface area contributed by atoms with Crippen LogP contribution in [0, 0.1) is 0 Å². The Labute approximate surface area is 87.5 Å². The fraction of sp³-hybridized carbons (Fsp3) is 0.667. The summed E-state index contributed by atoms with van der Waals surface area (Å²) >= 11 is 2.35. The Balaban J connectivity index is 3.29. The van der Waals surface area contributed by atoms with Crippen LogP contribution in [0.15, 0.2) is 12.2 Å². The van der Waals surface area contributed by atoms with Gasteiger partial charge in [-0.15, -0.1) is 0 Å². The first-order valence-electron chi connectivity index (χ1n) is 4.20. The van der Waals surface area contributed by atoms with Crippen molar-refractivity contribution in [1.29, 1.82) is 0 Å². The molecular weight excluding hydrogens is 267 g/mol. The van der Waals surface area contributed by atoms with E-state index in [-0.39, 0.29) is 5.97 Å². The lowest BCUT2D eigenvalue weighted by molar-refractivity contribution is -0.137. The second-order valence-corrected chi connectivity index (χ2v) is 3.42. The van der Waals surface area contributed by atoms with Gasteiger partial charge in [-0.1, -0.05) is 28.7 Å². The number of esters is 1. The molecule has 2 nitrogen and oxygen atoms in total. The molecule has 0 saturated heterocycles. The minimum absolute atomic E-state index is 0.230. The van der Waals surface area contributed by atoms with E-state index in [4.69, 9.17) is 4.74 Å². The van der Waals surface area contributed by atoms with Crippen molar-refractivity contribution in [3.05, 3.63) is 12.2 Å². The number of rotatable bonds is 6. The molecule has 0 heterocycles. The van der Waals surface area contributed by atoms with E-state index in [0.29, 0.717) is 6.61 Å². The Bertz CT molecular complexity index is 143. The molecule has 0 aromatic rings. The topological polar surface area (TPSA) is 26.3 Å². The molecule has 0 saturated carbocycles. The van der Waals surface area contributed by atoms with E-state index >= 15 is 0 Å². The summed E-state index contributed by atoms with van der Waals surface area (Å²) in [7, 11) is 0. The molecule has 12 heavy (non-hydrogen) atoms. The maximum atomic E-state index is 10.8. The minimum Gasteiger partial charge on any atom is -0.463 e. The van der Waals surface area contributed by atoms with Gasteiger partial charge in [0, 0.05) is 6.08 Å². The molecule has 3 heteroatoms. The summed E-state index contributed by atoms with van der Waals surface area (Å²) in [5, 5.41) is 0. The summed E-state index contributed by atoms with van der Waals surface area (Å²) < 4.78 is 5.91. The fourth-order valence-corrected chi connectivity index (χ4v) is 1.27. The average molecular weight is 282 g/mol. The third-order valence-electron chi connectivity index (χ3n) is 1.29. The van der Waals surface area contributed by atoms with Crippen LogP contribution in [0.1, 0.15) is 26.2 Å². The third kappa shape index (κ3) is 8.04. The Kier molecular flexibility index (Phi) is 8.99. The van der Waals surface area contributed by atoms with Gasteiger partial charge in [-0.05, 0) is 30.6 Å². The van der Waals surface area contributed by atoms with Crippen molar-refractivity contribution < 1.29 is 9.53 Å². The summed E-state index contributed by atoms with van der Waals surface area (Å²) in [6.45, 7) is 2.26. The standard InChI is InChI=1S/C9H15IO2/c1-2-12-9(11)7-5-3-4-6-8-10/h5,7H,2-4,6,8H2,1H3. The first kappa shape index (κ1) is 11.9. The summed E-state index contributed by atoms with van der Waals surface area (Å²) in [6.07, 6.45) is 6.73. The van der Waals surface area contributed by atoms with Gasteiger partial charge in [0.2, 0.25) is 0 Å². The van der Waals surface area contributed by atoms with Crippen molar-refractivity contribution in [1.82, 2.24) is 0 Å². The van der Waals surface area contributed by atoms with Crippen LogP contribution < -0.4 is 0 Å². The van der Waals surface area contributed by atoms with Crippen molar-refractivity contribution in [2.24, 2.45) is 0 Å². The molecule has 0 bridgehead atoms. The largest absolute Gasteiger partial charge is 0.463 e. The van der Waals surface area contributed by atoms with Crippen LogP contribution in [0.25, 0.3) is 0 Å². The summed E-state index contributed by atoms with van der Waals surface area (Å²) in [5.41, 5.74) is 0. The van der Waals surface area contributed by atoms with E-state index < -0.39 is 0 Å². The molecule has 0 aromatic heterocycles. The number of hydrogen-bond acceptors (Lipinski definition) is 2. The van der Waals surface area contributed by atoms with Crippen molar-refractivity contribution in [2.45, 2.75) is 26.2 Å². The smallest absolute Gasteiger partial charge is 0.330 e. The maximum Gasteiger partial charge on any atom is 0.330 e. The third-order valence-corrected chi connectivity index (χ3v) is 2.06. The van der Waals surface area contributed by atoms with E-state index in [1.807, 2.05) is 13.0 Å². The average Bonchev–Trinajstić information content (AvgIpc) is 2.05. The van der Waals surface area contributed by atoms with Crippen LogP contribution in [0.5, 0.6) is 0 Å². The molecule has 0 aromatic carbocycles. The van der Waals surface area contributed by atoms with Gasteiger partial charge < -0.3 is 4.74 Å². The monoisotopic (exact) mass is 282 g/mol. The number of unbranched alkanes of at least 4 members (excludes halogenated alkanes) is 2. The zero-order chi connectivity index (χ0) is 9.23. The molecule has 0 spiro atoms.